The van der Waals surface area contributed by atoms with Crippen molar-refractivity contribution < 1.29 is 24.6 Å². The number of fused-ring (bicyclic) bond motifs is 1. The van der Waals surface area contributed by atoms with E-state index in [9.17, 15) is 24.6 Å². The topological polar surface area (TPSA) is 110 Å². The number of carbonyl (C=O) groups excluding carboxylic acids is 2. The lowest BCUT2D eigenvalue weighted by Gasteiger charge is -2.46. The number of β-lactam (4-membered cyclic amide) rings is 1. The van der Waals surface area contributed by atoms with Crippen LogP contribution in [0.15, 0.2) is 22.3 Å². The van der Waals surface area contributed by atoms with Crippen molar-refractivity contribution in [2.24, 2.45) is 11.8 Å². The molecule has 8 nitrogen and oxygen atoms in total. The van der Waals surface area contributed by atoms with E-state index in [0.717, 1.165) is 25.0 Å². The summed E-state index contributed by atoms with van der Waals surface area (Å²) in [5, 5.41) is 22.5. The lowest BCUT2D eigenvalue weighted by Crippen LogP contribution is -2.63. The normalized spacial score (nSPS) is 35.4. The first-order valence-electron chi connectivity index (χ1n) is 9.73. The zero-order chi connectivity index (χ0) is 20.2. The third-order valence-corrected chi connectivity index (χ3v) is 7.59. The molecule has 4 aliphatic heterocycles. The van der Waals surface area contributed by atoms with Gasteiger partial charge in [-0.05, 0) is 38.1 Å². The molecule has 152 valence electrons. The Morgan fingerprint density at radius 1 is 1.39 bits per heavy atom. The third kappa shape index (κ3) is 2.96. The van der Waals surface area contributed by atoms with E-state index in [1.165, 1.54) is 16.8 Å². The summed E-state index contributed by atoms with van der Waals surface area (Å²) in [6.07, 6.45) is 3.79. The van der Waals surface area contributed by atoms with Gasteiger partial charge in [0.2, 0.25) is 11.8 Å². The fourth-order valence-corrected chi connectivity index (χ4v) is 6.10. The highest BCUT2D eigenvalue weighted by atomic mass is 32.2. The third-order valence-electron chi connectivity index (χ3n) is 6.14. The zero-order valence-corrected chi connectivity index (χ0v) is 16.7. The summed E-state index contributed by atoms with van der Waals surface area (Å²) < 4.78 is 2.13. The molecule has 0 bridgehead atoms. The Bertz CT molecular complexity index is 792. The van der Waals surface area contributed by atoms with Crippen LogP contribution in [0.2, 0.25) is 0 Å². The van der Waals surface area contributed by atoms with Gasteiger partial charge in [0.25, 0.3) is 0 Å². The quantitative estimate of drug-likeness (QED) is 0.350. The first-order valence-corrected chi connectivity index (χ1v) is 10.5. The Labute approximate surface area is 167 Å². The first kappa shape index (κ1) is 19.5. The van der Waals surface area contributed by atoms with Gasteiger partial charge >= 0.3 is 5.97 Å². The number of carboxylic acids is 1. The van der Waals surface area contributed by atoms with E-state index in [0.29, 0.717) is 17.9 Å². The van der Waals surface area contributed by atoms with Gasteiger partial charge in [0.05, 0.1) is 18.1 Å². The van der Waals surface area contributed by atoms with E-state index in [1.807, 2.05) is 13.0 Å². The lowest BCUT2D eigenvalue weighted by atomic mass is 9.79. The average molecular weight is 407 g/mol. The van der Waals surface area contributed by atoms with Gasteiger partial charge in [-0.15, -0.1) is 0 Å². The molecule has 4 heterocycles. The number of rotatable bonds is 5. The van der Waals surface area contributed by atoms with Crippen molar-refractivity contribution in [3.63, 3.8) is 0 Å². The minimum absolute atomic E-state index is 0.0222. The second-order valence-corrected chi connectivity index (χ2v) is 9.00. The van der Waals surface area contributed by atoms with Gasteiger partial charge in [0.15, 0.2) is 0 Å². The minimum Gasteiger partial charge on any atom is -0.477 e. The van der Waals surface area contributed by atoms with Crippen LogP contribution in [0, 0.1) is 11.8 Å². The molecule has 0 radical (unpaired) electrons. The van der Waals surface area contributed by atoms with Crippen LogP contribution in [-0.2, 0) is 14.4 Å². The fraction of sp³-hybridized carbons (Fsp3) is 0.632. The van der Waals surface area contributed by atoms with Crippen LogP contribution in [0.4, 0.5) is 0 Å². The van der Waals surface area contributed by atoms with Crippen LogP contribution in [0.25, 0.3) is 0 Å². The SMILES string of the molecule is C[C@@H](O)[C@H]1C(=O)N2C(C(=O)O)=C(SN3CCC[C@H]3C=C3CCNC3=O)[C@H](C)[C@H]12. The van der Waals surface area contributed by atoms with Crippen molar-refractivity contribution in [2.75, 3.05) is 13.1 Å². The molecule has 0 saturated carbocycles. The van der Waals surface area contributed by atoms with E-state index in [1.54, 1.807) is 6.92 Å². The monoisotopic (exact) mass is 407 g/mol. The van der Waals surface area contributed by atoms with Gasteiger partial charge in [-0.3, -0.25) is 9.59 Å². The summed E-state index contributed by atoms with van der Waals surface area (Å²) in [4.78, 5) is 38.3. The van der Waals surface area contributed by atoms with E-state index in [2.05, 4.69) is 9.62 Å². The van der Waals surface area contributed by atoms with E-state index >= 15 is 0 Å². The summed E-state index contributed by atoms with van der Waals surface area (Å²) >= 11 is 1.40. The zero-order valence-electron chi connectivity index (χ0n) is 15.9. The molecule has 0 aromatic heterocycles. The maximum Gasteiger partial charge on any atom is 0.353 e. The number of nitrogens with zero attached hydrogens (tertiary/aromatic N) is 2. The summed E-state index contributed by atoms with van der Waals surface area (Å²) in [6.45, 7) is 4.96. The van der Waals surface area contributed by atoms with Crippen LogP contribution in [0.5, 0.6) is 0 Å². The van der Waals surface area contributed by atoms with Gasteiger partial charge in [0, 0.05) is 35.5 Å². The largest absolute Gasteiger partial charge is 0.477 e. The van der Waals surface area contributed by atoms with Crippen molar-refractivity contribution in [3.8, 4) is 0 Å². The molecular weight excluding hydrogens is 382 g/mol. The molecule has 2 amide bonds. The Morgan fingerprint density at radius 3 is 2.75 bits per heavy atom. The van der Waals surface area contributed by atoms with Crippen molar-refractivity contribution in [3.05, 3.63) is 22.3 Å². The number of hydrogen-bond acceptors (Lipinski definition) is 6. The predicted molar refractivity (Wildman–Crippen MR) is 103 cm³/mol. The molecule has 0 aromatic carbocycles. The van der Waals surface area contributed by atoms with Gasteiger partial charge in [0.1, 0.15) is 5.70 Å². The molecule has 28 heavy (non-hydrogen) atoms. The number of amides is 2. The van der Waals surface area contributed by atoms with Crippen molar-refractivity contribution in [1.29, 1.82) is 0 Å². The molecule has 0 unspecified atom stereocenters. The number of aliphatic hydroxyl groups is 1. The molecule has 0 aliphatic carbocycles. The second kappa shape index (κ2) is 7.20. The summed E-state index contributed by atoms with van der Waals surface area (Å²) in [5.74, 6) is -2.16. The highest BCUT2D eigenvalue weighted by Gasteiger charge is 2.60. The summed E-state index contributed by atoms with van der Waals surface area (Å²) in [7, 11) is 0. The number of carboxylic acid groups (broad SMARTS) is 1. The standard InChI is InChI=1S/C19H25N3O5S/c1-9-14-13(10(2)23)18(25)22(14)15(19(26)27)16(9)28-21-7-3-4-12(21)8-11-5-6-20-17(11)24/h8-10,12-14,23H,3-7H2,1-2H3,(H,20,24)(H,26,27)/t9-,10-,12+,13-,14-/m1/s1. The van der Waals surface area contributed by atoms with Crippen molar-refractivity contribution in [1.82, 2.24) is 14.5 Å². The maximum absolute atomic E-state index is 12.5. The number of carbonyl (C=O) groups is 3. The average Bonchev–Trinajstić information content (AvgIpc) is 3.28. The Hall–Kier alpha value is -1.84. The Kier molecular flexibility index (Phi) is 5.01. The molecule has 9 heteroatoms. The highest BCUT2D eigenvalue weighted by Crippen LogP contribution is 2.51. The fourth-order valence-electron chi connectivity index (χ4n) is 4.74. The Morgan fingerprint density at radius 2 is 2.14 bits per heavy atom. The van der Waals surface area contributed by atoms with Crippen molar-refractivity contribution >= 4 is 29.7 Å². The van der Waals surface area contributed by atoms with Gasteiger partial charge < -0.3 is 20.4 Å². The van der Waals surface area contributed by atoms with Gasteiger partial charge in [-0.25, -0.2) is 9.10 Å². The van der Waals surface area contributed by atoms with Crippen LogP contribution in [0.3, 0.4) is 0 Å². The Balaban J connectivity index is 1.59. The van der Waals surface area contributed by atoms with Crippen molar-refractivity contribution in [2.45, 2.75) is 51.3 Å². The highest BCUT2D eigenvalue weighted by molar-refractivity contribution is 8.01. The second-order valence-electron chi connectivity index (χ2n) is 7.91. The summed E-state index contributed by atoms with van der Waals surface area (Å²) in [5.41, 5.74) is 0.832. The first-order chi connectivity index (χ1) is 13.3. The molecule has 0 aromatic rings. The molecule has 3 N–H and O–H groups in total. The smallest absolute Gasteiger partial charge is 0.353 e. The number of aliphatic hydroxyl groups excluding tert-OH is 1. The van der Waals surface area contributed by atoms with Crippen LogP contribution in [0.1, 0.15) is 33.1 Å². The van der Waals surface area contributed by atoms with E-state index < -0.39 is 18.0 Å². The molecular formula is C19H25N3O5S. The van der Waals surface area contributed by atoms with Crippen LogP contribution < -0.4 is 5.32 Å². The minimum atomic E-state index is -1.11. The van der Waals surface area contributed by atoms with Crippen LogP contribution in [-0.4, -0.2) is 68.5 Å². The molecule has 5 atom stereocenters. The number of aliphatic carboxylic acids is 1. The molecule has 0 spiro atoms. The lowest BCUT2D eigenvalue weighted by molar-refractivity contribution is -0.163. The van der Waals surface area contributed by atoms with Crippen LogP contribution >= 0.6 is 11.9 Å². The molecule has 3 saturated heterocycles. The van der Waals surface area contributed by atoms with E-state index in [-0.39, 0.29) is 35.5 Å². The number of nitrogens with one attached hydrogen (secondary N) is 1. The van der Waals surface area contributed by atoms with Gasteiger partial charge in [-0.1, -0.05) is 13.0 Å². The van der Waals surface area contributed by atoms with Gasteiger partial charge in [-0.2, -0.15) is 0 Å². The number of hydrogen-bond donors (Lipinski definition) is 3. The maximum atomic E-state index is 12.5. The molecule has 4 aliphatic rings. The van der Waals surface area contributed by atoms with E-state index in [4.69, 9.17) is 0 Å². The molecule has 3 fully saturated rings. The predicted octanol–water partition coefficient (Wildman–Crippen LogP) is 0.699. The molecule has 4 rings (SSSR count). The summed E-state index contributed by atoms with van der Waals surface area (Å²) in [6, 6.07) is -0.240.